The van der Waals surface area contributed by atoms with Crippen molar-refractivity contribution in [3.8, 4) is 16.9 Å². The van der Waals surface area contributed by atoms with Crippen molar-refractivity contribution in [3.05, 3.63) is 216 Å². The van der Waals surface area contributed by atoms with Crippen LogP contribution >= 0.6 is 11.3 Å². The van der Waals surface area contributed by atoms with E-state index in [0.29, 0.717) is 5.92 Å². The van der Waals surface area contributed by atoms with Crippen molar-refractivity contribution in [1.29, 1.82) is 0 Å². The summed E-state index contributed by atoms with van der Waals surface area (Å²) in [7, 11) is 0. The second-order valence-corrected chi connectivity index (χ2v) is 20.0. The molecule has 308 valence electrons. The summed E-state index contributed by atoms with van der Waals surface area (Å²) in [5.41, 5.74) is 12.1. The quantitative estimate of drug-likeness (QED) is 0.171. The third-order valence-electron chi connectivity index (χ3n) is 15.8. The van der Waals surface area contributed by atoms with E-state index in [9.17, 15) is 0 Å². The second-order valence-electron chi connectivity index (χ2n) is 18.9. The van der Waals surface area contributed by atoms with Gasteiger partial charge in [0, 0.05) is 54.8 Å². The molecule has 1 aliphatic heterocycles. The average Bonchev–Trinajstić information content (AvgIpc) is 4.03. The first kappa shape index (κ1) is 36.8. The highest BCUT2D eigenvalue weighted by atomic mass is 32.1. The minimum absolute atomic E-state index is 0.286. The molecule has 10 aromatic rings. The summed E-state index contributed by atoms with van der Waals surface area (Å²) < 4.78 is 9.67. The van der Waals surface area contributed by atoms with Gasteiger partial charge in [-0.3, -0.25) is 0 Å². The predicted octanol–water partition coefficient (Wildman–Crippen LogP) is 16.6. The van der Waals surface area contributed by atoms with Crippen molar-refractivity contribution < 1.29 is 4.74 Å². The molecule has 64 heavy (non-hydrogen) atoms. The standard InChI is InChI=1S/C61H47NOS/c1-3-16-41(17-4-1)61(42-18-5-2-6-19-42)52-32-23-38-13-7-10-20-46(38)58(52)49-29-26-43(35-53(49)61)62(44-27-30-50-55(36-44)63-54-33-24-39-14-8-11-21-47(39)59(50)54)45-28-31-51-57(37-45)64-56-34-25-40-15-9-12-22-48(40)60(51)56/h1-7,9-10,12-13,15-20,22-23,25-32,34-37,39,47,54,59H,8,11,14,21,24,33H2. The van der Waals surface area contributed by atoms with Crippen molar-refractivity contribution >= 4 is 70.1 Å². The van der Waals surface area contributed by atoms with Crippen molar-refractivity contribution in [1.82, 2.24) is 0 Å². The minimum atomic E-state index is -0.539. The van der Waals surface area contributed by atoms with E-state index in [0.717, 1.165) is 41.1 Å². The molecule has 4 unspecified atom stereocenters. The van der Waals surface area contributed by atoms with E-state index >= 15 is 0 Å². The molecule has 1 aromatic heterocycles. The molecule has 2 fully saturated rings. The van der Waals surface area contributed by atoms with Crippen LogP contribution in [0.15, 0.2) is 188 Å². The summed E-state index contributed by atoms with van der Waals surface area (Å²) in [6.45, 7) is 0. The van der Waals surface area contributed by atoms with Gasteiger partial charge < -0.3 is 9.64 Å². The zero-order chi connectivity index (χ0) is 41.9. The molecule has 0 amide bonds. The van der Waals surface area contributed by atoms with Crippen molar-refractivity contribution in [3.63, 3.8) is 0 Å². The Morgan fingerprint density at radius 3 is 2.00 bits per heavy atom. The number of benzene rings is 9. The maximum absolute atomic E-state index is 7.05. The van der Waals surface area contributed by atoms with Crippen LogP contribution in [0.4, 0.5) is 17.1 Å². The zero-order valence-corrected chi connectivity index (χ0v) is 36.5. The fourth-order valence-corrected chi connectivity index (χ4v) is 14.3. The number of hydrogen-bond donors (Lipinski definition) is 0. The Labute approximate surface area is 378 Å². The van der Waals surface area contributed by atoms with Gasteiger partial charge in [0.25, 0.3) is 0 Å². The molecule has 3 heteroatoms. The molecule has 0 N–H and O–H groups in total. The summed E-state index contributed by atoms with van der Waals surface area (Å²) in [6.07, 6.45) is 8.22. The number of fused-ring (bicyclic) bond motifs is 15. The van der Waals surface area contributed by atoms with Gasteiger partial charge in [-0.25, -0.2) is 0 Å². The SMILES string of the molecule is c1ccc(C2(c3ccccc3)c3cc(N(c4ccc5c(c4)OC4CCC6CCCCC6C54)c4ccc5c(c4)sc4ccc6ccccc6c45)ccc3-c3c2ccc2ccccc32)cc1. The van der Waals surface area contributed by atoms with Gasteiger partial charge in [0.05, 0.1) is 5.41 Å². The Morgan fingerprint density at radius 2 is 1.17 bits per heavy atom. The van der Waals surface area contributed by atoms with Crippen LogP contribution in [0.2, 0.25) is 0 Å². The third kappa shape index (κ3) is 5.25. The Balaban J connectivity index is 1.01. The Hall–Kier alpha value is -6.68. The summed E-state index contributed by atoms with van der Waals surface area (Å²) >= 11 is 1.90. The normalized spacial score (nSPS) is 20.4. The lowest BCUT2D eigenvalue weighted by molar-refractivity contribution is 0.0615. The first-order chi connectivity index (χ1) is 31.7. The average molecular weight is 842 g/mol. The van der Waals surface area contributed by atoms with Crippen molar-refractivity contribution in [2.24, 2.45) is 11.8 Å². The van der Waals surface area contributed by atoms with Gasteiger partial charge in [-0.15, -0.1) is 11.3 Å². The van der Waals surface area contributed by atoms with Crippen molar-refractivity contribution in [2.75, 3.05) is 4.90 Å². The van der Waals surface area contributed by atoms with Gasteiger partial charge >= 0.3 is 0 Å². The summed E-state index contributed by atoms with van der Waals surface area (Å²) in [5, 5.41) is 7.82. The Morgan fingerprint density at radius 1 is 0.500 bits per heavy atom. The first-order valence-corrected chi connectivity index (χ1v) is 24.3. The van der Waals surface area contributed by atoms with E-state index in [-0.39, 0.29) is 6.10 Å². The maximum atomic E-state index is 7.05. The van der Waals surface area contributed by atoms with E-state index in [1.807, 2.05) is 11.3 Å². The molecule has 2 saturated carbocycles. The summed E-state index contributed by atoms with van der Waals surface area (Å²) in [5.74, 6) is 3.17. The maximum Gasteiger partial charge on any atom is 0.125 e. The number of nitrogens with zero attached hydrogens (tertiary/aromatic N) is 1. The van der Waals surface area contributed by atoms with Crippen LogP contribution < -0.4 is 9.64 Å². The van der Waals surface area contributed by atoms with Crippen LogP contribution in [0.5, 0.6) is 5.75 Å². The summed E-state index contributed by atoms with van der Waals surface area (Å²) in [4.78, 5) is 2.51. The fourth-order valence-electron chi connectivity index (χ4n) is 13.2. The number of anilines is 3. The monoisotopic (exact) mass is 841 g/mol. The number of thiophene rings is 1. The molecule has 3 aliphatic carbocycles. The van der Waals surface area contributed by atoms with E-state index in [4.69, 9.17) is 4.74 Å². The summed E-state index contributed by atoms with van der Waals surface area (Å²) in [6, 6.07) is 71.2. The highest BCUT2D eigenvalue weighted by molar-refractivity contribution is 7.26. The molecule has 9 aromatic carbocycles. The van der Waals surface area contributed by atoms with E-state index in [1.54, 1.807) is 0 Å². The molecule has 0 saturated heterocycles. The van der Waals surface area contributed by atoms with Crippen molar-refractivity contribution in [2.45, 2.75) is 56.0 Å². The van der Waals surface area contributed by atoms with Crippen LogP contribution in [0.3, 0.4) is 0 Å². The molecule has 0 radical (unpaired) electrons. The minimum Gasteiger partial charge on any atom is -0.489 e. The molecule has 2 heterocycles. The van der Waals surface area contributed by atoms with E-state index < -0.39 is 5.41 Å². The fraction of sp³-hybridized carbons (Fsp3) is 0.180. The molecule has 4 atom stereocenters. The van der Waals surface area contributed by atoms with E-state index in [1.165, 1.54) is 113 Å². The Kier molecular flexibility index (Phi) is 8.14. The highest BCUT2D eigenvalue weighted by Gasteiger charge is 2.48. The van der Waals surface area contributed by atoms with Crippen LogP contribution in [0, 0.1) is 11.8 Å². The molecule has 0 bridgehead atoms. The van der Waals surface area contributed by atoms with Gasteiger partial charge in [0.1, 0.15) is 11.9 Å². The number of ether oxygens (including phenoxy) is 1. The topological polar surface area (TPSA) is 12.5 Å². The smallest absolute Gasteiger partial charge is 0.125 e. The highest BCUT2D eigenvalue weighted by Crippen LogP contribution is 2.60. The third-order valence-corrected chi connectivity index (χ3v) is 16.9. The first-order valence-electron chi connectivity index (χ1n) is 23.5. The van der Waals surface area contributed by atoms with Gasteiger partial charge in [0.2, 0.25) is 0 Å². The molecule has 2 nitrogen and oxygen atoms in total. The number of rotatable bonds is 5. The Bertz CT molecular complexity index is 3440. The largest absolute Gasteiger partial charge is 0.489 e. The number of hydrogen-bond acceptors (Lipinski definition) is 3. The van der Waals surface area contributed by atoms with Gasteiger partial charge in [-0.1, -0.05) is 165 Å². The van der Waals surface area contributed by atoms with Crippen LogP contribution in [0.25, 0.3) is 52.8 Å². The molecule has 14 rings (SSSR count). The second kappa shape index (κ2) is 14.2. The molecule has 0 spiro atoms. The molecule has 4 aliphatic rings. The van der Waals surface area contributed by atoms with Crippen LogP contribution in [-0.4, -0.2) is 6.10 Å². The van der Waals surface area contributed by atoms with Crippen LogP contribution in [0.1, 0.15) is 72.3 Å². The van der Waals surface area contributed by atoms with Gasteiger partial charge in [-0.05, 0) is 122 Å². The molecular formula is C61H47NOS. The lowest BCUT2D eigenvalue weighted by Gasteiger charge is -2.42. The van der Waals surface area contributed by atoms with Gasteiger partial charge in [-0.2, -0.15) is 0 Å². The predicted molar refractivity (Wildman–Crippen MR) is 268 cm³/mol. The van der Waals surface area contributed by atoms with E-state index in [2.05, 4.69) is 193 Å². The molecular weight excluding hydrogens is 795 g/mol. The van der Waals surface area contributed by atoms with Crippen LogP contribution in [-0.2, 0) is 5.41 Å². The lowest BCUT2D eigenvalue weighted by atomic mass is 9.63. The van der Waals surface area contributed by atoms with Gasteiger partial charge in [0.15, 0.2) is 0 Å². The zero-order valence-electron chi connectivity index (χ0n) is 35.7. The lowest BCUT2D eigenvalue weighted by Crippen LogP contribution is -2.37.